The maximum absolute atomic E-state index is 11.9. The summed E-state index contributed by atoms with van der Waals surface area (Å²) in [4.78, 5) is 47.1. The van der Waals surface area contributed by atoms with E-state index in [1.54, 1.807) is 0 Å². The zero-order chi connectivity index (χ0) is 23.0. The molecule has 1 saturated heterocycles. The van der Waals surface area contributed by atoms with Gasteiger partial charge in [-0.25, -0.2) is 0 Å². The molecule has 5 unspecified atom stereocenters. The van der Waals surface area contributed by atoms with Crippen LogP contribution in [-0.2, 0) is 54.2 Å². The van der Waals surface area contributed by atoms with Gasteiger partial charge in [-0.3, -0.25) is 19.2 Å². The summed E-state index contributed by atoms with van der Waals surface area (Å²) in [5.41, 5.74) is 0.809. The van der Waals surface area contributed by atoms with Gasteiger partial charge in [0.05, 0.1) is 20.1 Å². The van der Waals surface area contributed by atoms with Gasteiger partial charge in [0.25, 0.3) is 0 Å². The molecular formula is C21H26O10. The van der Waals surface area contributed by atoms with Crippen LogP contribution in [0.25, 0.3) is 0 Å². The van der Waals surface area contributed by atoms with Crippen molar-refractivity contribution >= 4 is 23.9 Å². The van der Waals surface area contributed by atoms with Crippen molar-refractivity contribution in [2.24, 2.45) is 0 Å². The van der Waals surface area contributed by atoms with Crippen molar-refractivity contribution in [3.8, 4) is 0 Å². The van der Waals surface area contributed by atoms with E-state index in [2.05, 4.69) is 4.74 Å². The number of benzene rings is 1. The number of ether oxygens (including phenoxy) is 6. The normalized spacial score (nSPS) is 25.2. The second-order valence-electron chi connectivity index (χ2n) is 6.84. The van der Waals surface area contributed by atoms with E-state index in [9.17, 15) is 19.2 Å². The Kier molecular flexibility index (Phi) is 8.95. The van der Waals surface area contributed by atoms with E-state index in [-0.39, 0.29) is 13.0 Å². The fraction of sp³-hybridized carbons (Fsp3) is 0.524. The second-order valence-corrected chi connectivity index (χ2v) is 6.84. The molecule has 5 atom stereocenters. The fourth-order valence-electron chi connectivity index (χ4n) is 3.15. The largest absolute Gasteiger partial charge is 0.469 e. The average molecular weight is 438 g/mol. The molecule has 0 aliphatic carbocycles. The number of hydrogen-bond donors (Lipinski definition) is 0. The van der Waals surface area contributed by atoms with Gasteiger partial charge >= 0.3 is 23.9 Å². The highest BCUT2D eigenvalue weighted by Gasteiger charge is 2.52. The lowest BCUT2D eigenvalue weighted by Gasteiger charge is -2.44. The topological polar surface area (TPSA) is 124 Å². The first-order chi connectivity index (χ1) is 14.7. The number of rotatable bonds is 8. The van der Waals surface area contributed by atoms with Crippen molar-refractivity contribution in [1.29, 1.82) is 0 Å². The predicted molar refractivity (Wildman–Crippen MR) is 103 cm³/mol. The van der Waals surface area contributed by atoms with E-state index >= 15 is 0 Å². The van der Waals surface area contributed by atoms with Crippen molar-refractivity contribution in [3.05, 3.63) is 35.9 Å². The third-order valence-corrected chi connectivity index (χ3v) is 4.35. The van der Waals surface area contributed by atoms with Gasteiger partial charge in [-0.15, -0.1) is 0 Å². The summed E-state index contributed by atoms with van der Waals surface area (Å²) < 4.78 is 32.3. The monoisotopic (exact) mass is 438 g/mol. The summed E-state index contributed by atoms with van der Waals surface area (Å²) in [5, 5.41) is 0. The third kappa shape index (κ3) is 7.34. The quantitative estimate of drug-likeness (QED) is 0.433. The van der Waals surface area contributed by atoms with Crippen molar-refractivity contribution in [3.63, 3.8) is 0 Å². The molecule has 1 aliphatic heterocycles. The van der Waals surface area contributed by atoms with Gasteiger partial charge in [0.15, 0.2) is 24.6 Å². The average Bonchev–Trinajstić information content (AvgIpc) is 2.70. The minimum absolute atomic E-state index is 0.0826. The Bertz CT molecular complexity index is 778. The standard InChI is InChI=1S/C21H26O10/c1-12(22)28-18-16(10-17(25)26-4)31-21(27-11-15-8-6-5-7-9-15)20(30-14(3)24)19(18)29-13(2)23/h5-9,16,18-21H,10-11H2,1-4H3. The Morgan fingerprint density at radius 3 is 1.94 bits per heavy atom. The van der Waals surface area contributed by atoms with E-state index in [1.165, 1.54) is 14.0 Å². The molecule has 1 heterocycles. The Morgan fingerprint density at radius 2 is 1.39 bits per heavy atom. The summed E-state index contributed by atoms with van der Waals surface area (Å²) in [6.45, 7) is 3.55. The van der Waals surface area contributed by atoms with E-state index in [1.807, 2.05) is 30.3 Å². The Balaban J connectivity index is 2.37. The van der Waals surface area contributed by atoms with Crippen LogP contribution in [0.2, 0.25) is 0 Å². The van der Waals surface area contributed by atoms with Gasteiger partial charge in [0.2, 0.25) is 0 Å². The van der Waals surface area contributed by atoms with Crippen LogP contribution < -0.4 is 0 Å². The highest BCUT2D eigenvalue weighted by Crippen LogP contribution is 2.31. The van der Waals surface area contributed by atoms with E-state index in [0.717, 1.165) is 19.4 Å². The van der Waals surface area contributed by atoms with Crippen LogP contribution in [0.1, 0.15) is 32.8 Å². The minimum atomic E-state index is -1.27. The lowest BCUT2D eigenvalue weighted by Crippen LogP contribution is -2.62. The SMILES string of the molecule is COC(=O)CC1OC(OCc2ccccc2)C(OC(C)=O)C(OC(C)=O)C1OC(C)=O. The van der Waals surface area contributed by atoms with Gasteiger partial charge in [-0.2, -0.15) is 0 Å². The van der Waals surface area contributed by atoms with Gasteiger partial charge in [-0.1, -0.05) is 30.3 Å². The molecule has 1 fully saturated rings. The van der Waals surface area contributed by atoms with Gasteiger partial charge in [-0.05, 0) is 5.56 Å². The predicted octanol–water partition coefficient (Wildman–Crippen LogP) is 1.29. The van der Waals surface area contributed by atoms with Crippen LogP contribution in [-0.4, -0.2) is 61.7 Å². The van der Waals surface area contributed by atoms with Gasteiger partial charge in [0, 0.05) is 20.8 Å². The van der Waals surface area contributed by atoms with Gasteiger partial charge in [0.1, 0.15) is 6.10 Å². The first-order valence-corrected chi connectivity index (χ1v) is 9.60. The molecule has 1 aromatic rings. The van der Waals surface area contributed by atoms with Crippen LogP contribution in [0.15, 0.2) is 30.3 Å². The summed E-state index contributed by atoms with van der Waals surface area (Å²) in [7, 11) is 1.20. The van der Waals surface area contributed by atoms with E-state index < -0.39 is 54.6 Å². The third-order valence-electron chi connectivity index (χ3n) is 4.35. The minimum Gasteiger partial charge on any atom is -0.469 e. The lowest BCUT2D eigenvalue weighted by atomic mass is 9.95. The Hall–Kier alpha value is -2.98. The highest BCUT2D eigenvalue weighted by molar-refractivity contribution is 5.71. The van der Waals surface area contributed by atoms with Crippen molar-refractivity contribution in [2.75, 3.05) is 7.11 Å². The maximum Gasteiger partial charge on any atom is 0.308 e. The number of hydrogen-bond acceptors (Lipinski definition) is 10. The molecule has 1 aromatic carbocycles. The molecule has 0 radical (unpaired) electrons. The Labute approximate surface area is 179 Å². The smallest absolute Gasteiger partial charge is 0.308 e. The molecule has 0 spiro atoms. The van der Waals surface area contributed by atoms with Crippen LogP contribution in [0.4, 0.5) is 0 Å². The van der Waals surface area contributed by atoms with Crippen LogP contribution >= 0.6 is 0 Å². The number of carbonyl (C=O) groups excluding carboxylic acids is 4. The number of carbonyl (C=O) groups is 4. The van der Waals surface area contributed by atoms with Crippen LogP contribution in [0, 0.1) is 0 Å². The number of methoxy groups -OCH3 is 1. The fourth-order valence-corrected chi connectivity index (χ4v) is 3.15. The molecule has 2 rings (SSSR count). The molecule has 31 heavy (non-hydrogen) atoms. The van der Waals surface area contributed by atoms with Crippen molar-refractivity contribution < 1.29 is 47.6 Å². The first-order valence-electron chi connectivity index (χ1n) is 9.60. The van der Waals surface area contributed by atoms with Crippen LogP contribution in [0.3, 0.4) is 0 Å². The summed E-state index contributed by atoms with van der Waals surface area (Å²) in [6, 6.07) is 9.13. The summed E-state index contributed by atoms with van der Waals surface area (Å²) in [6.07, 6.45) is -6.35. The van der Waals surface area contributed by atoms with Crippen LogP contribution in [0.5, 0.6) is 0 Å². The van der Waals surface area contributed by atoms with Crippen molar-refractivity contribution in [2.45, 2.75) is 64.5 Å². The number of esters is 4. The van der Waals surface area contributed by atoms with Gasteiger partial charge < -0.3 is 28.4 Å². The maximum atomic E-state index is 11.9. The molecular weight excluding hydrogens is 412 g/mol. The highest BCUT2D eigenvalue weighted by atomic mass is 16.7. The molecule has 170 valence electrons. The first kappa shape index (κ1) is 24.3. The summed E-state index contributed by atoms with van der Waals surface area (Å²) in [5.74, 6) is -2.74. The van der Waals surface area contributed by atoms with E-state index in [0.29, 0.717) is 0 Å². The molecule has 0 N–H and O–H groups in total. The Morgan fingerprint density at radius 1 is 0.839 bits per heavy atom. The van der Waals surface area contributed by atoms with E-state index in [4.69, 9.17) is 23.7 Å². The molecule has 10 heteroatoms. The second kappa shape index (κ2) is 11.4. The molecule has 0 bridgehead atoms. The molecule has 0 amide bonds. The zero-order valence-electron chi connectivity index (χ0n) is 17.8. The van der Waals surface area contributed by atoms with Crippen molar-refractivity contribution in [1.82, 2.24) is 0 Å². The zero-order valence-corrected chi connectivity index (χ0v) is 17.8. The molecule has 10 nitrogen and oxygen atoms in total. The lowest BCUT2D eigenvalue weighted by molar-refractivity contribution is -0.306. The molecule has 0 aromatic heterocycles. The summed E-state index contributed by atoms with van der Waals surface area (Å²) >= 11 is 0. The molecule has 0 saturated carbocycles. The molecule has 1 aliphatic rings.